The number of aromatic amines is 1. The molecule has 5 rings (SSSR count). The summed E-state index contributed by atoms with van der Waals surface area (Å²) in [7, 11) is 0. The van der Waals surface area contributed by atoms with E-state index in [0.29, 0.717) is 12.5 Å². The van der Waals surface area contributed by atoms with E-state index < -0.39 is 0 Å². The summed E-state index contributed by atoms with van der Waals surface area (Å²) in [6.45, 7) is 8.28. The number of halogens is 1. The summed E-state index contributed by atoms with van der Waals surface area (Å²) >= 11 is 0. The Bertz CT molecular complexity index is 1060. The Kier molecular flexibility index (Phi) is 6.19. The number of rotatable bonds is 9. The molecule has 3 aromatic rings. The molecule has 2 aliphatic heterocycles. The van der Waals surface area contributed by atoms with E-state index in [9.17, 15) is 4.39 Å². The molecule has 0 saturated carbocycles. The number of alkyl halides is 1. The zero-order valence-corrected chi connectivity index (χ0v) is 18.4. The van der Waals surface area contributed by atoms with Crippen molar-refractivity contribution in [3.63, 3.8) is 0 Å². The minimum atomic E-state index is -0.245. The maximum absolute atomic E-state index is 12.3. The highest BCUT2D eigenvalue weighted by atomic mass is 19.1. The van der Waals surface area contributed by atoms with Gasteiger partial charge in [-0.2, -0.15) is 0 Å². The third kappa shape index (κ3) is 4.14. The van der Waals surface area contributed by atoms with Crippen LogP contribution in [0.5, 0.6) is 0 Å². The lowest BCUT2D eigenvalue weighted by Crippen LogP contribution is -2.54. The summed E-state index contributed by atoms with van der Waals surface area (Å²) in [5.41, 5.74) is 4.78. The van der Waals surface area contributed by atoms with Crippen LogP contribution in [-0.4, -0.2) is 70.2 Å². The first-order chi connectivity index (χ1) is 15.8. The molecule has 0 spiro atoms. The van der Waals surface area contributed by atoms with Gasteiger partial charge in [0.25, 0.3) is 0 Å². The molecular weight excluding hydrogens is 403 g/mol. The monoisotopic (exact) mass is 434 g/mol. The summed E-state index contributed by atoms with van der Waals surface area (Å²) < 4.78 is 12.3. The summed E-state index contributed by atoms with van der Waals surface area (Å²) in [4.78, 5) is 17.9. The number of nitrogens with zero attached hydrogens (tertiary/aromatic N) is 4. The predicted octanol–water partition coefficient (Wildman–Crippen LogP) is 3.94. The SMILES string of the molecule is C=CCCN1CCc2c([nH]c3ccccc23)[C@H]1c1cnc(NC2CN(CCCF)C2)cn1. The van der Waals surface area contributed by atoms with Crippen molar-refractivity contribution in [3.8, 4) is 0 Å². The van der Waals surface area contributed by atoms with E-state index in [0.717, 1.165) is 57.1 Å². The number of anilines is 1. The third-order valence-electron chi connectivity index (χ3n) is 6.62. The van der Waals surface area contributed by atoms with E-state index in [2.05, 4.69) is 50.9 Å². The van der Waals surface area contributed by atoms with Crippen LogP contribution in [-0.2, 0) is 6.42 Å². The first-order valence-corrected chi connectivity index (χ1v) is 11.6. The zero-order valence-electron chi connectivity index (χ0n) is 18.4. The second-order valence-corrected chi connectivity index (χ2v) is 8.80. The van der Waals surface area contributed by atoms with Crippen LogP contribution in [0.1, 0.15) is 35.8 Å². The van der Waals surface area contributed by atoms with Gasteiger partial charge in [0.2, 0.25) is 0 Å². The van der Waals surface area contributed by atoms with Gasteiger partial charge in [-0.15, -0.1) is 6.58 Å². The highest BCUT2D eigenvalue weighted by Crippen LogP contribution is 2.37. The highest BCUT2D eigenvalue weighted by Gasteiger charge is 2.32. The molecular formula is C25H31FN6. The minimum absolute atomic E-state index is 0.0625. The Morgan fingerprint density at radius 2 is 2.06 bits per heavy atom. The Hall–Kier alpha value is -2.77. The number of likely N-dealkylation sites (tertiary alicyclic amines) is 1. The van der Waals surface area contributed by atoms with Gasteiger partial charge in [-0.05, 0) is 30.9 Å². The molecule has 32 heavy (non-hydrogen) atoms. The Labute approximate surface area is 188 Å². The number of H-pyrrole nitrogens is 1. The van der Waals surface area contributed by atoms with Gasteiger partial charge in [0, 0.05) is 49.3 Å². The number of para-hydroxylation sites is 1. The lowest BCUT2D eigenvalue weighted by molar-refractivity contribution is 0.155. The van der Waals surface area contributed by atoms with Crippen molar-refractivity contribution in [2.45, 2.75) is 31.3 Å². The zero-order chi connectivity index (χ0) is 21.9. The van der Waals surface area contributed by atoms with Gasteiger partial charge in [-0.1, -0.05) is 24.3 Å². The maximum atomic E-state index is 12.3. The maximum Gasteiger partial charge on any atom is 0.144 e. The molecule has 1 fully saturated rings. The van der Waals surface area contributed by atoms with E-state index in [1.165, 1.54) is 22.2 Å². The molecule has 0 amide bonds. The van der Waals surface area contributed by atoms with Gasteiger partial charge in [-0.3, -0.25) is 19.2 Å². The topological polar surface area (TPSA) is 60.1 Å². The Balaban J connectivity index is 1.35. The molecule has 1 saturated heterocycles. The second kappa shape index (κ2) is 9.38. The molecule has 1 atom stereocenters. The molecule has 2 aliphatic rings. The van der Waals surface area contributed by atoms with Gasteiger partial charge in [0.15, 0.2) is 0 Å². The minimum Gasteiger partial charge on any atom is -0.363 e. The first-order valence-electron chi connectivity index (χ1n) is 11.6. The number of aromatic nitrogens is 3. The van der Waals surface area contributed by atoms with E-state index in [-0.39, 0.29) is 12.7 Å². The summed E-state index contributed by atoms with van der Waals surface area (Å²) in [6.07, 6.45) is 8.32. The predicted molar refractivity (Wildman–Crippen MR) is 127 cm³/mol. The van der Waals surface area contributed by atoms with Gasteiger partial charge in [-0.25, -0.2) is 4.98 Å². The molecule has 2 aromatic heterocycles. The largest absolute Gasteiger partial charge is 0.363 e. The van der Waals surface area contributed by atoms with E-state index in [4.69, 9.17) is 9.97 Å². The van der Waals surface area contributed by atoms with Crippen LogP contribution in [0.2, 0.25) is 0 Å². The summed E-state index contributed by atoms with van der Waals surface area (Å²) in [6, 6.07) is 8.95. The molecule has 2 N–H and O–H groups in total. The molecule has 0 unspecified atom stereocenters. The fraction of sp³-hybridized carbons (Fsp3) is 0.440. The number of benzene rings is 1. The number of hydrogen-bond donors (Lipinski definition) is 2. The van der Waals surface area contributed by atoms with Crippen molar-refractivity contribution in [3.05, 3.63) is 66.3 Å². The van der Waals surface area contributed by atoms with Crippen molar-refractivity contribution in [1.82, 2.24) is 24.8 Å². The average Bonchev–Trinajstić information content (AvgIpc) is 3.18. The quantitative estimate of drug-likeness (QED) is 0.500. The lowest BCUT2D eigenvalue weighted by atomic mass is 9.95. The molecule has 0 radical (unpaired) electrons. The van der Waals surface area contributed by atoms with Gasteiger partial charge < -0.3 is 10.3 Å². The van der Waals surface area contributed by atoms with Crippen LogP contribution < -0.4 is 5.32 Å². The van der Waals surface area contributed by atoms with Crippen LogP contribution >= 0.6 is 0 Å². The van der Waals surface area contributed by atoms with Crippen LogP contribution in [0.15, 0.2) is 49.3 Å². The van der Waals surface area contributed by atoms with Gasteiger partial charge in [0.1, 0.15) is 5.82 Å². The molecule has 7 heteroatoms. The normalized spacial score (nSPS) is 19.6. The highest BCUT2D eigenvalue weighted by molar-refractivity contribution is 5.85. The van der Waals surface area contributed by atoms with Crippen molar-refractivity contribution < 1.29 is 4.39 Å². The van der Waals surface area contributed by atoms with Crippen LogP contribution in [0, 0.1) is 0 Å². The molecule has 4 heterocycles. The standard InChI is InChI=1S/C25H31FN6/c1-2-3-12-32-13-9-20-19-7-4-5-8-21(19)30-24(20)25(32)22-14-28-23(15-27-22)29-18-16-31(17-18)11-6-10-26/h2,4-5,7-8,14-15,18,25,30H,1,3,6,9-13,16-17H2,(H,28,29)/t25-/m1/s1. The summed E-state index contributed by atoms with van der Waals surface area (Å²) in [5, 5.41) is 4.77. The van der Waals surface area contributed by atoms with Crippen molar-refractivity contribution >= 4 is 16.7 Å². The van der Waals surface area contributed by atoms with E-state index in [1.54, 1.807) is 0 Å². The first kappa shape index (κ1) is 21.1. The smallest absolute Gasteiger partial charge is 0.144 e. The third-order valence-corrected chi connectivity index (χ3v) is 6.62. The summed E-state index contributed by atoms with van der Waals surface area (Å²) in [5.74, 6) is 0.800. The molecule has 0 aliphatic carbocycles. The molecule has 1 aromatic carbocycles. The average molecular weight is 435 g/mol. The van der Waals surface area contributed by atoms with E-state index in [1.807, 2.05) is 18.5 Å². The Morgan fingerprint density at radius 3 is 2.84 bits per heavy atom. The number of fused-ring (bicyclic) bond motifs is 3. The van der Waals surface area contributed by atoms with Crippen LogP contribution in [0.25, 0.3) is 10.9 Å². The van der Waals surface area contributed by atoms with Gasteiger partial charge >= 0.3 is 0 Å². The Morgan fingerprint density at radius 1 is 1.19 bits per heavy atom. The second-order valence-electron chi connectivity index (χ2n) is 8.80. The van der Waals surface area contributed by atoms with Crippen molar-refractivity contribution in [2.24, 2.45) is 0 Å². The lowest BCUT2D eigenvalue weighted by Gasteiger charge is -2.39. The van der Waals surface area contributed by atoms with E-state index >= 15 is 0 Å². The molecule has 6 nitrogen and oxygen atoms in total. The van der Waals surface area contributed by atoms with Crippen LogP contribution in [0.4, 0.5) is 10.2 Å². The van der Waals surface area contributed by atoms with Crippen LogP contribution in [0.3, 0.4) is 0 Å². The fourth-order valence-electron chi connectivity index (χ4n) is 5.01. The number of nitrogens with one attached hydrogen (secondary N) is 2. The molecule has 168 valence electrons. The number of hydrogen-bond acceptors (Lipinski definition) is 5. The molecule has 0 bridgehead atoms. The fourth-order valence-corrected chi connectivity index (χ4v) is 5.01. The van der Waals surface area contributed by atoms with Gasteiger partial charge in [0.05, 0.1) is 36.8 Å². The van der Waals surface area contributed by atoms with Crippen molar-refractivity contribution in [2.75, 3.05) is 44.7 Å². The van der Waals surface area contributed by atoms with Crippen molar-refractivity contribution in [1.29, 1.82) is 0 Å².